The fraction of sp³-hybridized carbons (Fsp3) is 0.304. The molecule has 0 atom stereocenters. The predicted molar refractivity (Wildman–Crippen MR) is 122 cm³/mol. The number of carbonyl (C=O) groups excluding carboxylic acids is 1. The zero-order valence-corrected chi connectivity index (χ0v) is 18.2. The summed E-state index contributed by atoms with van der Waals surface area (Å²) in [6, 6.07) is 15.5. The van der Waals surface area contributed by atoms with E-state index in [0.717, 1.165) is 36.8 Å². The Labute approximate surface area is 181 Å². The van der Waals surface area contributed by atoms with Crippen LogP contribution in [0.3, 0.4) is 0 Å². The van der Waals surface area contributed by atoms with E-state index in [4.69, 9.17) is 4.42 Å². The molecule has 7 heteroatoms. The zero-order chi connectivity index (χ0) is 21.2. The molecule has 0 unspecified atom stereocenters. The first-order chi connectivity index (χ1) is 14.7. The molecule has 0 saturated heterocycles. The molecular weight excluding hydrogens is 396 g/mol. The molecule has 3 rings (SSSR count). The summed E-state index contributed by atoms with van der Waals surface area (Å²) in [7, 11) is 0. The van der Waals surface area contributed by atoms with E-state index < -0.39 is 0 Å². The summed E-state index contributed by atoms with van der Waals surface area (Å²) >= 11 is 1.82. The van der Waals surface area contributed by atoms with E-state index >= 15 is 0 Å². The molecule has 0 radical (unpaired) electrons. The highest BCUT2D eigenvalue weighted by molar-refractivity contribution is 7.11. The highest BCUT2D eigenvalue weighted by Crippen LogP contribution is 2.16. The minimum atomic E-state index is -0.133. The van der Waals surface area contributed by atoms with Gasteiger partial charge in [0, 0.05) is 21.9 Å². The molecule has 3 N–H and O–H groups in total. The predicted octanol–water partition coefficient (Wildman–Crippen LogP) is 4.09. The van der Waals surface area contributed by atoms with E-state index in [1.54, 1.807) is 18.4 Å². The normalized spacial score (nSPS) is 11.3. The van der Waals surface area contributed by atoms with Gasteiger partial charge in [0.05, 0.1) is 25.9 Å². The quantitative estimate of drug-likeness (QED) is 0.357. The average Bonchev–Trinajstić information content (AvgIpc) is 3.46. The molecule has 1 aromatic carbocycles. The molecule has 0 aliphatic carbocycles. The second kappa shape index (κ2) is 11.2. The molecule has 0 aliphatic rings. The molecule has 0 aliphatic heterocycles. The fourth-order valence-corrected chi connectivity index (χ4v) is 3.78. The Balaban J connectivity index is 1.57. The van der Waals surface area contributed by atoms with Gasteiger partial charge < -0.3 is 20.4 Å². The third kappa shape index (κ3) is 6.49. The van der Waals surface area contributed by atoms with Crippen molar-refractivity contribution in [3.8, 4) is 0 Å². The molecule has 1 amide bonds. The number of furan rings is 1. The first kappa shape index (κ1) is 21.6. The monoisotopic (exact) mass is 424 g/mol. The lowest BCUT2D eigenvalue weighted by molar-refractivity contribution is 0.0948. The number of nitrogens with one attached hydrogen (secondary N) is 3. The third-order valence-electron chi connectivity index (χ3n) is 4.45. The van der Waals surface area contributed by atoms with Crippen LogP contribution in [0.15, 0.2) is 64.2 Å². The van der Waals surface area contributed by atoms with Gasteiger partial charge in [-0.15, -0.1) is 11.3 Å². The SMILES string of the molecule is CCNC(=NCc1cccc(C(=O)NCc2ccco2)c1)NCc1ccc(CC)s1. The zero-order valence-electron chi connectivity index (χ0n) is 17.4. The summed E-state index contributed by atoms with van der Waals surface area (Å²) in [5.74, 6) is 1.35. The summed E-state index contributed by atoms with van der Waals surface area (Å²) in [4.78, 5) is 19.7. The molecule has 2 heterocycles. The van der Waals surface area contributed by atoms with Crippen molar-refractivity contribution in [3.05, 3.63) is 81.4 Å². The molecule has 0 fully saturated rings. The van der Waals surface area contributed by atoms with Gasteiger partial charge in [0.2, 0.25) is 0 Å². The number of aliphatic imine (C=N–C) groups is 1. The second-order valence-electron chi connectivity index (χ2n) is 6.73. The largest absolute Gasteiger partial charge is 0.467 e. The van der Waals surface area contributed by atoms with E-state index in [1.165, 1.54) is 9.75 Å². The van der Waals surface area contributed by atoms with E-state index in [2.05, 4.69) is 40.0 Å². The molecule has 6 nitrogen and oxygen atoms in total. The van der Waals surface area contributed by atoms with Gasteiger partial charge in [-0.1, -0.05) is 19.1 Å². The number of benzene rings is 1. The summed E-state index contributed by atoms with van der Waals surface area (Å²) in [5.41, 5.74) is 1.58. The molecule has 30 heavy (non-hydrogen) atoms. The van der Waals surface area contributed by atoms with E-state index in [0.29, 0.717) is 18.7 Å². The second-order valence-corrected chi connectivity index (χ2v) is 7.99. The number of thiophene rings is 1. The molecule has 158 valence electrons. The van der Waals surface area contributed by atoms with Crippen molar-refractivity contribution in [2.45, 2.75) is 39.9 Å². The van der Waals surface area contributed by atoms with Gasteiger partial charge in [-0.2, -0.15) is 0 Å². The number of hydrogen-bond donors (Lipinski definition) is 3. The Morgan fingerprint density at radius 1 is 1.00 bits per heavy atom. The van der Waals surface area contributed by atoms with Gasteiger partial charge in [-0.25, -0.2) is 4.99 Å². The summed E-state index contributed by atoms with van der Waals surface area (Å²) in [6.45, 7) is 6.59. The topological polar surface area (TPSA) is 78.7 Å². The number of hydrogen-bond acceptors (Lipinski definition) is 4. The van der Waals surface area contributed by atoms with Crippen LogP contribution in [0.1, 0.15) is 45.3 Å². The number of rotatable bonds is 9. The Kier molecular flexibility index (Phi) is 8.09. The number of amides is 1. The van der Waals surface area contributed by atoms with Crippen LogP contribution < -0.4 is 16.0 Å². The van der Waals surface area contributed by atoms with Crippen molar-refractivity contribution in [2.24, 2.45) is 4.99 Å². The van der Waals surface area contributed by atoms with E-state index in [-0.39, 0.29) is 5.91 Å². The number of nitrogens with zero attached hydrogens (tertiary/aromatic N) is 1. The first-order valence-electron chi connectivity index (χ1n) is 10.2. The molecule has 2 aromatic heterocycles. The van der Waals surface area contributed by atoms with Crippen molar-refractivity contribution >= 4 is 23.2 Å². The summed E-state index contributed by atoms with van der Waals surface area (Å²) in [6.07, 6.45) is 2.65. The van der Waals surface area contributed by atoms with Gasteiger partial charge in [0.1, 0.15) is 5.76 Å². The van der Waals surface area contributed by atoms with Crippen LogP contribution in [-0.2, 0) is 26.1 Å². The Bertz CT molecular complexity index is 963. The van der Waals surface area contributed by atoms with Crippen molar-refractivity contribution in [3.63, 3.8) is 0 Å². The molecule has 3 aromatic rings. The first-order valence-corrected chi connectivity index (χ1v) is 11.0. The van der Waals surface area contributed by atoms with Crippen molar-refractivity contribution in [2.75, 3.05) is 6.54 Å². The fourth-order valence-electron chi connectivity index (χ4n) is 2.88. The average molecular weight is 425 g/mol. The van der Waals surface area contributed by atoms with Crippen LogP contribution in [0.25, 0.3) is 0 Å². The van der Waals surface area contributed by atoms with Crippen LogP contribution in [0, 0.1) is 0 Å². The lowest BCUT2D eigenvalue weighted by Gasteiger charge is -2.11. The number of guanidine groups is 1. The smallest absolute Gasteiger partial charge is 0.251 e. The minimum absolute atomic E-state index is 0.133. The van der Waals surface area contributed by atoms with Gasteiger partial charge >= 0.3 is 0 Å². The summed E-state index contributed by atoms with van der Waals surface area (Å²) < 4.78 is 5.25. The lowest BCUT2D eigenvalue weighted by atomic mass is 10.1. The maximum absolute atomic E-state index is 12.4. The molecule has 0 saturated carbocycles. The summed E-state index contributed by atoms with van der Waals surface area (Å²) in [5, 5.41) is 9.52. The number of aryl methyl sites for hydroxylation is 1. The Morgan fingerprint density at radius 2 is 1.87 bits per heavy atom. The molecule has 0 bridgehead atoms. The van der Waals surface area contributed by atoms with Gasteiger partial charge in [-0.05, 0) is 55.3 Å². The van der Waals surface area contributed by atoms with Crippen LogP contribution in [0.4, 0.5) is 0 Å². The molecule has 0 spiro atoms. The van der Waals surface area contributed by atoms with Gasteiger partial charge in [-0.3, -0.25) is 4.79 Å². The highest BCUT2D eigenvalue weighted by atomic mass is 32.1. The Hall–Kier alpha value is -3.06. The van der Waals surface area contributed by atoms with Crippen LogP contribution in [-0.4, -0.2) is 18.4 Å². The van der Waals surface area contributed by atoms with Crippen molar-refractivity contribution in [1.82, 2.24) is 16.0 Å². The van der Waals surface area contributed by atoms with Crippen LogP contribution in [0.2, 0.25) is 0 Å². The van der Waals surface area contributed by atoms with E-state index in [1.807, 2.05) is 42.5 Å². The van der Waals surface area contributed by atoms with Gasteiger partial charge in [0.25, 0.3) is 5.91 Å². The van der Waals surface area contributed by atoms with Crippen LogP contribution >= 0.6 is 11.3 Å². The third-order valence-corrected chi connectivity index (χ3v) is 5.68. The Morgan fingerprint density at radius 3 is 2.60 bits per heavy atom. The maximum Gasteiger partial charge on any atom is 0.251 e. The lowest BCUT2D eigenvalue weighted by Crippen LogP contribution is -2.36. The van der Waals surface area contributed by atoms with Crippen molar-refractivity contribution in [1.29, 1.82) is 0 Å². The van der Waals surface area contributed by atoms with Crippen LogP contribution in [0.5, 0.6) is 0 Å². The van der Waals surface area contributed by atoms with Gasteiger partial charge in [0.15, 0.2) is 5.96 Å². The number of carbonyl (C=O) groups is 1. The molecular formula is C23H28N4O2S. The maximum atomic E-state index is 12.4. The minimum Gasteiger partial charge on any atom is -0.467 e. The van der Waals surface area contributed by atoms with Crippen molar-refractivity contribution < 1.29 is 9.21 Å². The van der Waals surface area contributed by atoms with E-state index in [9.17, 15) is 4.79 Å². The standard InChI is InChI=1S/C23H28N4O2S/c1-3-20-10-11-21(30-20)16-27-23(24-4-2)26-14-17-7-5-8-18(13-17)22(28)25-15-19-9-6-12-29-19/h5-13H,3-4,14-16H2,1-2H3,(H,25,28)(H2,24,26,27). The highest BCUT2D eigenvalue weighted by Gasteiger charge is 2.07.